The molecular formula is C14H20N2O3S. The largest absolute Gasteiger partial charge is 0.352 e. The van der Waals surface area contributed by atoms with Gasteiger partial charge in [-0.15, -0.1) is 0 Å². The average molecular weight is 296 g/mol. The van der Waals surface area contributed by atoms with Crippen LogP contribution in [0, 0.1) is 0 Å². The Balaban J connectivity index is 2.12. The summed E-state index contributed by atoms with van der Waals surface area (Å²) in [6.45, 7) is 1.66. The first-order chi connectivity index (χ1) is 9.38. The smallest absolute Gasteiger partial charge is 0.235 e. The van der Waals surface area contributed by atoms with Gasteiger partial charge in [0.2, 0.25) is 15.9 Å². The predicted molar refractivity (Wildman–Crippen MR) is 77.6 cm³/mol. The van der Waals surface area contributed by atoms with Gasteiger partial charge in [0.1, 0.15) is 0 Å². The molecule has 1 aliphatic rings. The van der Waals surface area contributed by atoms with E-state index in [2.05, 4.69) is 5.32 Å². The van der Waals surface area contributed by atoms with Gasteiger partial charge in [-0.2, -0.15) is 4.31 Å². The number of rotatable bonds is 6. The van der Waals surface area contributed by atoms with Crippen LogP contribution in [0.1, 0.15) is 31.4 Å². The van der Waals surface area contributed by atoms with E-state index in [9.17, 15) is 13.2 Å². The topological polar surface area (TPSA) is 66.5 Å². The number of hydrogen-bond donors (Lipinski definition) is 1. The molecule has 1 atom stereocenters. The molecule has 1 amide bonds. The molecule has 1 aliphatic carbocycles. The predicted octanol–water partition coefficient (Wildman–Crippen LogP) is 1.29. The second kappa shape index (κ2) is 5.93. The maximum absolute atomic E-state index is 11.9. The van der Waals surface area contributed by atoms with Crippen molar-refractivity contribution in [3.8, 4) is 0 Å². The Labute approximate surface area is 120 Å². The van der Waals surface area contributed by atoms with Gasteiger partial charge in [0.05, 0.1) is 12.8 Å². The Hall–Kier alpha value is -1.40. The molecule has 1 fully saturated rings. The molecule has 0 spiro atoms. The lowest BCUT2D eigenvalue weighted by Crippen LogP contribution is -2.42. The summed E-state index contributed by atoms with van der Waals surface area (Å²) in [5, 5.41) is 2.82. The Morgan fingerprint density at radius 3 is 2.45 bits per heavy atom. The van der Waals surface area contributed by atoms with E-state index < -0.39 is 10.0 Å². The van der Waals surface area contributed by atoms with Crippen LogP contribution in [0.25, 0.3) is 0 Å². The highest BCUT2D eigenvalue weighted by molar-refractivity contribution is 7.88. The Morgan fingerprint density at radius 1 is 1.35 bits per heavy atom. The van der Waals surface area contributed by atoms with Gasteiger partial charge in [-0.05, 0) is 25.3 Å². The molecule has 6 heteroatoms. The Kier molecular flexibility index (Phi) is 4.45. The van der Waals surface area contributed by atoms with Gasteiger partial charge >= 0.3 is 0 Å². The minimum Gasteiger partial charge on any atom is -0.352 e. The lowest BCUT2D eigenvalue weighted by molar-refractivity contribution is -0.121. The number of nitrogens with zero attached hydrogens (tertiary/aromatic N) is 1. The summed E-state index contributed by atoms with van der Waals surface area (Å²) in [6.07, 6.45) is 3.11. The summed E-state index contributed by atoms with van der Waals surface area (Å²) in [4.78, 5) is 11.9. The number of benzene rings is 1. The molecular weight excluding hydrogens is 276 g/mol. The number of hydrogen-bond acceptors (Lipinski definition) is 3. The maximum atomic E-state index is 11.9. The van der Waals surface area contributed by atoms with Crippen molar-refractivity contribution in [2.24, 2.45) is 0 Å². The summed E-state index contributed by atoms with van der Waals surface area (Å²) in [7, 11) is -3.45. The Bertz CT molecular complexity index is 567. The van der Waals surface area contributed by atoms with E-state index in [1.807, 2.05) is 30.3 Å². The highest BCUT2D eigenvalue weighted by Crippen LogP contribution is 2.23. The normalized spacial score (nSPS) is 16.9. The van der Waals surface area contributed by atoms with Crippen LogP contribution in [0.5, 0.6) is 0 Å². The molecule has 0 aliphatic heterocycles. The first-order valence-electron chi connectivity index (χ1n) is 6.69. The summed E-state index contributed by atoms with van der Waals surface area (Å²) < 4.78 is 25.1. The van der Waals surface area contributed by atoms with Gasteiger partial charge in [-0.1, -0.05) is 30.3 Å². The number of sulfonamides is 1. The molecule has 0 aromatic heterocycles. The highest BCUT2D eigenvalue weighted by atomic mass is 32.2. The summed E-state index contributed by atoms with van der Waals surface area (Å²) in [5.41, 5.74) is 0.872. The van der Waals surface area contributed by atoms with Crippen molar-refractivity contribution in [3.63, 3.8) is 0 Å². The van der Waals surface area contributed by atoms with Crippen molar-refractivity contribution < 1.29 is 13.2 Å². The van der Waals surface area contributed by atoms with E-state index in [4.69, 9.17) is 0 Å². The van der Waals surface area contributed by atoms with Crippen LogP contribution in [-0.4, -0.2) is 37.5 Å². The fourth-order valence-corrected chi connectivity index (χ4v) is 3.13. The van der Waals surface area contributed by atoms with E-state index in [0.29, 0.717) is 0 Å². The molecule has 0 saturated heterocycles. The number of nitrogens with one attached hydrogen (secondary N) is 1. The molecule has 1 N–H and O–H groups in total. The summed E-state index contributed by atoms with van der Waals surface area (Å²) >= 11 is 0. The first kappa shape index (κ1) is 15.0. The average Bonchev–Trinajstić information content (AvgIpc) is 3.19. The van der Waals surface area contributed by atoms with Crippen molar-refractivity contribution in [2.75, 3.05) is 12.8 Å². The number of carbonyl (C=O) groups is 1. The van der Waals surface area contributed by atoms with Crippen molar-refractivity contribution >= 4 is 15.9 Å². The maximum Gasteiger partial charge on any atom is 0.235 e. The second-order valence-corrected chi connectivity index (χ2v) is 7.17. The van der Waals surface area contributed by atoms with Gasteiger partial charge in [0, 0.05) is 12.1 Å². The van der Waals surface area contributed by atoms with Crippen LogP contribution in [-0.2, 0) is 14.8 Å². The Morgan fingerprint density at radius 2 is 1.95 bits per heavy atom. The molecule has 20 heavy (non-hydrogen) atoms. The lowest BCUT2D eigenvalue weighted by atomic mass is 10.1. The van der Waals surface area contributed by atoms with Gasteiger partial charge in [0.15, 0.2) is 0 Å². The summed E-state index contributed by atoms with van der Waals surface area (Å²) in [5.74, 6) is -0.235. The van der Waals surface area contributed by atoms with E-state index in [1.165, 1.54) is 4.31 Å². The van der Waals surface area contributed by atoms with Crippen LogP contribution in [0.2, 0.25) is 0 Å². The second-order valence-electron chi connectivity index (χ2n) is 5.24. The van der Waals surface area contributed by atoms with E-state index in [1.54, 1.807) is 6.92 Å². The van der Waals surface area contributed by atoms with Crippen molar-refractivity contribution in [1.29, 1.82) is 0 Å². The molecule has 1 saturated carbocycles. The fraction of sp³-hybridized carbons (Fsp3) is 0.500. The van der Waals surface area contributed by atoms with E-state index in [-0.39, 0.29) is 24.5 Å². The molecule has 1 aromatic carbocycles. The van der Waals surface area contributed by atoms with Crippen LogP contribution < -0.4 is 5.32 Å². The quantitative estimate of drug-likeness (QED) is 0.860. The third kappa shape index (κ3) is 4.05. The fourth-order valence-electron chi connectivity index (χ4n) is 2.08. The van der Waals surface area contributed by atoms with Gasteiger partial charge < -0.3 is 5.32 Å². The number of carbonyl (C=O) groups excluding carboxylic acids is 1. The van der Waals surface area contributed by atoms with Crippen LogP contribution in [0.4, 0.5) is 0 Å². The zero-order chi connectivity index (χ0) is 14.8. The van der Waals surface area contributed by atoms with E-state index >= 15 is 0 Å². The third-order valence-electron chi connectivity index (χ3n) is 3.38. The highest BCUT2D eigenvalue weighted by Gasteiger charge is 2.29. The SMILES string of the molecule is CC(c1ccccc1)N(CC(=O)NC1CC1)S(C)(=O)=O. The molecule has 110 valence electrons. The molecule has 5 nitrogen and oxygen atoms in total. The van der Waals surface area contributed by atoms with Crippen molar-refractivity contribution in [1.82, 2.24) is 9.62 Å². The van der Waals surface area contributed by atoms with Crippen molar-refractivity contribution in [3.05, 3.63) is 35.9 Å². The lowest BCUT2D eigenvalue weighted by Gasteiger charge is -2.26. The van der Waals surface area contributed by atoms with Crippen molar-refractivity contribution in [2.45, 2.75) is 31.8 Å². The first-order valence-corrected chi connectivity index (χ1v) is 8.54. The zero-order valence-electron chi connectivity index (χ0n) is 11.7. The standard InChI is InChI=1S/C14H20N2O3S/c1-11(12-6-4-3-5-7-12)16(20(2,18)19)10-14(17)15-13-8-9-13/h3-7,11,13H,8-10H2,1-2H3,(H,15,17). The van der Waals surface area contributed by atoms with Crippen LogP contribution in [0.15, 0.2) is 30.3 Å². The molecule has 0 heterocycles. The minimum absolute atomic E-state index is 0.134. The van der Waals surface area contributed by atoms with Gasteiger partial charge in [-0.25, -0.2) is 8.42 Å². The zero-order valence-corrected chi connectivity index (χ0v) is 12.6. The molecule has 1 aromatic rings. The molecule has 0 radical (unpaired) electrons. The molecule has 0 bridgehead atoms. The van der Waals surface area contributed by atoms with Crippen LogP contribution in [0.3, 0.4) is 0 Å². The van der Waals surface area contributed by atoms with Gasteiger partial charge in [0.25, 0.3) is 0 Å². The van der Waals surface area contributed by atoms with E-state index in [0.717, 1.165) is 24.7 Å². The third-order valence-corrected chi connectivity index (χ3v) is 4.68. The monoisotopic (exact) mass is 296 g/mol. The minimum atomic E-state index is -3.45. The summed E-state index contributed by atoms with van der Waals surface area (Å²) in [6, 6.07) is 9.18. The number of amides is 1. The van der Waals surface area contributed by atoms with Gasteiger partial charge in [-0.3, -0.25) is 4.79 Å². The molecule has 1 unspecified atom stereocenters. The molecule has 2 rings (SSSR count). The van der Waals surface area contributed by atoms with Crippen LogP contribution >= 0.6 is 0 Å².